The fourth-order valence-electron chi connectivity index (χ4n) is 7.11. The van der Waals surface area contributed by atoms with Crippen LogP contribution < -0.4 is 40.2 Å². The highest BCUT2D eigenvalue weighted by molar-refractivity contribution is 5.93. The molecule has 0 aromatic heterocycles. The number of nitrogens with zero attached hydrogens (tertiary/aromatic N) is 1. The average Bonchev–Trinajstić information content (AvgIpc) is 3.27. The summed E-state index contributed by atoms with van der Waals surface area (Å²) in [5.74, 6) is 2.28. The van der Waals surface area contributed by atoms with Gasteiger partial charge in [-0.3, -0.25) is 15.1 Å². The summed E-state index contributed by atoms with van der Waals surface area (Å²) in [5.41, 5.74) is 9.10. The number of likely N-dealkylation sites (N-methyl/N-ethyl adjacent to an activating group) is 1. The van der Waals surface area contributed by atoms with E-state index in [4.69, 9.17) is 28.7 Å². The number of carbonyl (C=O) groups is 2. The third-order valence-corrected chi connectivity index (χ3v) is 10.5. The second-order valence-electron chi connectivity index (χ2n) is 14.6. The third-order valence-electron chi connectivity index (χ3n) is 10.5. The topological polar surface area (TPSA) is 141 Å². The maximum absolute atomic E-state index is 13.3. The fourth-order valence-corrected chi connectivity index (χ4v) is 7.11. The van der Waals surface area contributed by atoms with E-state index in [-0.39, 0.29) is 18.7 Å². The van der Waals surface area contributed by atoms with E-state index in [0.29, 0.717) is 54.7 Å². The Morgan fingerprint density at radius 2 is 1.45 bits per heavy atom. The number of fused-ring (bicyclic) bond motifs is 3. The molecule has 0 spiro atoms. The molecule has 12 heteroatoms. The molecule has 1 heterocycles. The number of methoxy groups -OCH3 is 2. The highest BCUT2D eigenvalue weighted by Crippen LogP contribution is 2.43. The first-order chi connectivity index (χ1) is 29.3. The summed E-state index contributed by atoms with van der Waals surface area (Å²) >= 11 is 0. The summed E-state index contributed by atoms with van der Waals surface area (Å²) in [6, 6.07) is 31.6. The van der Waals surface area contributed by atoms with Crippen LogP contribution in [0.4, 0.5) is 21.9 Å². The Labute approximate surface area is 352 Å². The van der Waals surface area contributed by atoms with Crippen molar-refractivity contribution >= 4 is 35.8 Å². The number of hydrogen-bond acceptors (Lipinski definition) is 10. The van der Waals surface area contributed by atoms with Crippen LogP contribution in [0.25, 0.3) is 22.3 Å². The van der Waals surface area contributed by atoms with E-state index in [1.165, 1.54) is 0 Å². The summed E-state index contributed by atoms with van der Waals surface area (Å²) in [4.78, 5) is 29.3. The van der Waals surface area contributed by atoms with Crippen LogP contribution >= 0.6 is 0 Å². The zero-order valence-corrected chi connectivity index (χ0v) is 35.0. The Morgan fingerprint density at radius 3 is 2.13 bits per heavy atom. The van der Waals surface area contributed by atoms with Crippen LogP contribution in [0.3, 0.4) is 0 Å². The van der Waals surface area contributed by atoms with E-state index in [9.17, 15) is 9.59 Å². The van der Waals surface area contributed by atoms with Crippen molar-refractivity contribution in [3.05, 3.63) is 114 Å². The van der Waals surface area contributed by atoms with Crippen LogP contribution in [0.1, 0.15) is 42.9 Å². The Balaban J connectivity index is 1.12. The van der Waals surface area contributed by atoms with Gasteiger partial charge in [-0.05, 0) is 98.2 Å². The smallest absolute Gasteiger partial charge is 0.411 e. The van der Waals surface area contributed by atoms with E-state index in [1.807, 2.05) is 93.0 Å². The third kappa shape index (κ3) is 11.1. The molecule has 1 aliphatic rings. The van der Waals surface area contributed by atoms with Gasteiger partial charge in [0.05, 0.1) is 44.8 Å². The fraction of sp³-hybridized carbons (Fsp3) is 0.312. The quantitative estimate of drug-likeness (QED) is 0.0448. The molecule has 314 valence electrons. The van der Waals surface area contributed by atoms with Crippen LogP contribution in [0, 0.1) is 0 Å². The number of carbonyl (C=O) groups excluding carboxylic acids is 2. The molecule has 5 aromatic rings. The average molecular weight is 814 g/mol. The largest absolute Gasteiger partial charge is 0.493 e. The highest BCUT2D eigenvalue weighted by Gasteiger charge is 2.21. The number of aliphatic imine (C=N–C) groups is 1. The minimum Gasteiger partial charge on any atom is -0.493 e. The molecule has 0 saturated heterocycles. The van der Waals surface area contributed by atoms with Crippen molar-refractivity contribution in [2.75, 3.05) is 52.2 Å². The number of unbranched alkanes of at least 4 members (excludes halogenated alkanes) is 2. The van der Waals surface area contributed by atoms with Gasteiger partial charge in [-0.15, -0.1) is 0 Å². The first-order valence-corrected chi connectivity index (χ1v) is 20.3. The lowest BCUT2D eigenvalue weighted by atomic mass is 9.93. The number of benzene rings is 5. The van der Waals surface area contributed by atoms with Gasteiger partial charge in [-0.1, -0.05) is 60.7 Å². The van der Waals surface area contributed by atoms with Crippen LogP contribution in [0.15, 0.2) is 102 Å². The van der Waals surface area contributed by atoms with Crippen molar-refractivity contribution in [2.45, 2.75) is 57.7 Å². The number of hydrogen-bond donors (Lipinski definition) is 4. The molecule has 0 radical (unpaired) electrons. The van der Waals surface area contributed by atoms with Crippen molar-refractivity contribution < 1.29 is 33.3 Å². The van der Waals surface area contributed by atoms with E-state index in [1.54, 1.807) is 20.4 Å². The molecule has 0 saturated carbocycles. The first-order valence-electron chi connectivity index (χ1n) is 20.3. The predicted octanol–water partition coefficient (Wildman–Crippen LogP) is 8.98. The molecule has 1 unspecified atom stereocenters. The summed E-state index contributed by atoms with van der Waals surface area (Å²) in [6.07, 6.45) is 5.67. The minimum absolute atomic E-state index is 0.118. The number of nitrogens with one attached hydrogen (secondary N) is 4. The standard InChI is InChI=1S/C48H55N5O7/c1-32(49-2)23-34-13-7-9-15-38(34)41-26-45(57-5)47(28-43(41)53-48(55)60-30-33-17-19-36(50-3)20-18-33)59-22-12-6-11-21-58-46-27-42-40(25-44(46)56-4)39-16-10-8-14-35(39)24-37(29-51-42)52-31-54/h7-10,13-20,25-29,31-32,37,49-50H,6,11-12,21-24,30H2,1-5H3,(H,52,54)(H,53,55)/t32-,37?/m1/s1. The maximum atomic E-state index is 13.3. The number of ether oxygens (including phenoxy) is 5. The van der Waals surface area contributed by atoms with Gasteiger partial charge in [0, 0.05) is 48.3 Å². The van der Waals surface area contributed by atoms with E-state index < -0.39 is 6.09 Å². The van der Waals surface area contributed by atoms with Gasteiger partial charge in [-0.2, -0.15) is 0 Å². The molecule has 2 atom stereocenters. The maximum Gasteiger partial charge on any atom is 0.411 e. The van der Waals surface area contributed by atoms with Crippen LogP contribution in [0.2, 0.25) is 0 Å². The molecule has 0 aliphatic carbocycles. The summed E-state index contributed by atoms with van der Waals surface area (Å²) < 4.78 is 29.8. The molecule has 1 aliphatic heterocycles. The lowest BCUT2D eigenvalue weighted by Gasteiger charge is -2.21. The van der Waals surface area contributed by atoms with Gasteiger partial charge < -0.3 is 39.6 Å². The zero-order chi connectivity index (χ0) is 42.3. The summed E-state index contributed by atoms with van der Waals surface area (Å²) in [7, 11) is 7.05. The number of rotatable bonds is 20. The van der Waals surface area contributed by atoms with Gasteiger partial charge in [0.2, 0.25) is 6.41 Å². The lowest BCUT2D eigenvalue weighted by Crippen LogP contribution is -2.31. The monoisotopic (exact) mass is 813 g/mol. The molecular weight excluding hydrogens is 759 g/mol. The van der Waals surface area contributed by atoms with E-state index in [2.05, 4.69) is 46.4 Å². The second-order valence-corrected chi connectivity index (χ2v) is 14.6. The Bertz CT molecular complexity index is 2240. The van der Waals surface area contributed by atoms with Gasteiger partial charge in [-0.25, -0.2) is 4.79 Å². The second kappa shape index (κ2) is 21.5. The molecule has 0 bridgehead atoms. The van der Waals surface area contributed by atoms with Crippen molar-refractivity contribution in [1.82, 2.24) is 10.6 Å². The Morgan fingerprint density at radius 1 is 0.783 bits per heavy atom. The van der Waals surface area contributed by atoms with Gasteiger partial charge >= 0.3 is 6.09 Å². The highest BCUT2D eigenvalue weighted by atomic mass is 16.5. The molecule has 0 fully saturated rings. The summed E-state index contributed by atoms with van der Waals surface area (Å²) in [5, 5.41) is 12.3. The molecule has 2 amide bonds. The Kier molecular flexibility index (Phi) is 15.4. The SMILES string of the molecule is CNc1ccc(COC(=O)Nc2cc(OCCCCCOc3cc4c(cc3OC)-c3ccccc3CC(NC=O)C=N4)c(OC)cc2-c2ccccc2C[C@@H](C)NC)cc1. The zero-order valence-electron chi connectivity index (χ0n) is 35.0. The van der Waals surface area contributed by atoms with E-state index in [0.717, 1.165) is 76.0 Å². The molecular formula is C48H55N5O7. The van der Waals surface area contributed by atoms with Gasteiger partial charge in [0.15, 0.2) is 23.0 Å². The van der Waals surface area contributed by atoms with Crippen LogP contribution in [-0.2, 0) is 29.0 Å². The molecule has 5 aromatic carbocycles. The molecule has 12 nitrogen and oxygen atoms in total. The van der Waals surface area contributed by atoms with Crippen LogP contribution in [0.5, 0.6) is 23.0 Å². The van der Waals surface area contributed by atoms with Crippen molar-refractivity contribution in [3.63, 3.8) is 0 Å². The number of anilines is 2. The lowest BCUT2D eigenvalue weighted by molar-refractivity contribution is -0.109. The van der Waals surface area contributed by atoms with Crippen molar-refractivity contribution in [3.8, 4) is 45.3 Å². The molecule has 6 rings (SSSR count). The van der Waals surface area contributed by atoms with Gasteiger partial charge in [0.25, 0.3) is 0 Å². The molecule has 4 N–H and O–H groups in total. The number of amides is 2. The Hall–Kier alpha value is -6.53. The molecule has 60 heavy (non-hydrogen) atoms. The van der Waals surface area contributed by atoms with Crippen LogP contribution in [-0.4, -0.2) is 72.3 Å². The van der Waals surface area contributed by atoms with Crippen molar-refractivity contribution in [2.24, 2.45) is 4.99 Å². The minimum atomic E-state index is -0.580. The predicted molar refractivity (Wildman–Crippen MR) is 239 cm³/mol. The van der Waals surface area contributed by atoms with Gasteiger partial charge in [0.1, 0.15) is 6.61 Å². The van der Waals surface area contributed by atoms with Crippen molar-refractivity contribution in [1.29, 1.82) is 0 Å². The first kappa shape index (κ1) is 43.1. The normalized spacial score (nSPS) is 13.4. The summed E-state index contributed by atoms with van der Waals surface area (Å²) in [6.45, 7) is 3.13. The van der Waals surface area contributed by atoms with E-state index >= 15 is 0 Å².